The van der Waals surface area contributed by atoms with Crippen LogP contribution in [-0.4, -0.2) is 40.0 Å². The Hall–Kier alpha value is -1.65. The average Bonchev–Trinajstić information content (AvgIpc) is 2.38. The van der Waals surface area contributed by atoms with E-state index in [-0.39, 0.29) is 12.0 Å². The summed E-state index contributed by atoms with van der Waals surface area (Å²) in [4.78, 5) is 22.3. The normalized spacial score (nSPS) is 16.2. The van der Waals surface area contributed by atoms with Gasteiger partial charge in [-0.3, -0.25) is 4.79 Å². The first-order valence-electron chi connectivity index (χ1n) is 7.35. The lowest BCUT2D eigenvalue weighted by Gasteiger charge is -2.32. The van der Waals surface area contributed by atoms with Crippen molar-refractivity contribution in [3.05, 3.63) is 17.6 Å². The van der Waals surface area contributed by atoms with E-state index in [1.807, 2.05) is 31.7 Å². The van der Waals surface area contributed by atoms with E-state index in [1.165, 1.54) is 0 Å². The molecule has 1 aromatic rings. The molecule has 1 saturated heterocycles. The zero-order valence-corrected chi connectivity index (χ0v) is 12.6. The minimum atomic E-state index is 0.148. The molecule has 1 amide bonds. The third kappa shape index (κ3) is 3.92. The van der Waals surface area contributed by atoms with Crippen molar-refractivity contribution in [3.63, 3.8) is 0 Å². The number of likely N-dealkylation sites (tertiary alicyclic amines) is 1. The van der Waals surface area contributed by atoms with Gasteiger partial charge in [0.15, 0.2) is 0 Å². The number of carbonyl (C=O) groups excluding carboxylic acids is 1. The molecule has 5 heteroatoms. The van der Waals surface area contributed by atoms with Crippen molar-refractivity contribution >= 4 is 5.91 Å². The first-order valence-corrected chi connectivity index (χ1v) is 7.35. The molecule has 1 aliphatic heterocycles. The fourth-order valence-corrected chi connectivity index (χ4v) is 2.51. The van der Waals surface area contributed by atoms with Gasteiger partial charge in [-0.05, 0) is 20.3 Å². The van der Waals surface area contributed by atoms with E-state index in [2.05, 4.69) is 9.97 Å². The fraction of sp³-hybridized carbons (Fsp3) is 0.667. The standard InChI is InChI=1S/C15H23N3O2/c1-4-5-15(19)18-8-6-13(7-9-18)20-14-10-11(2)16-12(3)17-14/h10,13H,4-9H2,1-3H3. The van der Waals surface area contributed by atoms with Crippen LogP contribution >= 0.6 is 0 Å². The van der Waals surface area contributed by atoms with Gasteiger partial charge >= 0.3 is 0 Å². The van der Waals surface area contributed by atoms with Gasteiger partial charge in [0.25, 0.3) is 0 Å². The van der Waals surface area contributed by atoms with Gasteiger partial charge in [-0.25, -0.2) is 4.98 Å². The van der Waals surface area contributed by atoms with Crippen LogP contribution in [0.4, 0.5) is 0 Å². The molecule has 0 atom stereocenters. The number of nitrogens with zero attached hydrogens (tertiary/aromatic N) is 3. The number of piperidine rings is 1. The van der Waals surface area contributed by atoms with Crippen LogP contribution < -0.4 is 4.74 Å². The molecule has 0 N–H and O–H groups in total. The van der Waals surface area contributed by atoms with Crippen LogP contribution in [0.15, 0.2) is 6.07 Å². The van der Waals surface area contributed by atoms with Crippen LogP contribution in [0.5, 0.6) is 5.88 Å². The predicted octanol–water partition coefficient (Wildman–Crippen LogP) is 2.26. The molecule has 2 rings (SSSR count). The number of aromatic nitrogens is 2. The van der Waals surface area contributed by atoms with E-state index in [4.69, 9.17) is 4.74 Å². The number of aryl methyl sites for hydroxylation is 2. The molecule has 2 heterocycles. The highest BCUT2D eigenvalue weighted by Crippen LogP contribution is 2.18. The maximum absolute atomic E-state index is 11.8. The second-order valence-corrected chi connectivity index (χ2v) is 5.34. The summed E-state index contributed by atoms with van der Waals surface area (Å²) in [6, 6.07) is 1.86. The van der Waals surface area contributed by atoms with Gasteiger partial charge in [-0.15, -0.1) is 0 Å². The van der Waals surface area contributed by atoms with E-state index in [9.17, 15) is 4.79 Å². The maximum Gasteiger partial charge on any atom is 0.222 e. The van der Waals surface area contributed by atoms with Crippen LogP contribution in [0.25, 0.3) is 0 Å². The molecule has 0 radical (unpaired) electrons. The van der Waals surface area contributed by atoms with Crippen LogP contribution in [0, 0.1) is 13.8 Å². The zero-order chi connectivity index (χ0) is 14.5. The van der Waals surface area contributed by atoms with Crippen molar-refractivity contribution < 1.29 is 9.53 Å². The lowest BCUT2D eigenvalue weighted by atomic mass is 10.1. The molecular weight excluding hydrogens is 254 g/mol. The zero-order valence-electron chi connectivity index (χ0n) is 12.6. The molecule has 0 bridgehead atoms. The van der Waals surface area contributed by atoms with Crippen molar-refractivity contribution in [3.8, 4) is 5.88 Å². The van der Waals surface area contributed by atoms with Gasteiger partial charge in [0.1, 0.15) is 11.9 Å². The van der Waals surface area contributed by atoms with Gasteiger partial charge in [0, 0.05) is 44.1 Å². The van der Waals surface area contributed by atoms with E-state index in [0.717, 1.165) is 43.9 Å². The summed E-state index contributed by atoms with van der Waals surface area (Å²) in [5.41, 5.74) is 0.919. The van der Waals surface area contributed by atoms with E-state index < -0.39 is 0 Å². The molecule has 0 aromatic carbocycles. The highest BCUT2D eigenvalue weighted by Gasteiger charge is 2.23. The van der Waals surface area contributed by atoms with Gasteiger partial charge in [0.05, 0.1) is 0 Å². The molecule has 1 aliphatic rings. The van der Waals surface area contributed by atoms with Crippen LogP contribution in [0.1, 0.15) is 44.1 Å². The first-order chi connectivity index (χ1) is 9.58. The number of rotatable bonds is 4. The number of hydrogen-bond donors (Lipinski definition) is 0. The third-order valence-electron chi connectivity index (χ3n) is 3.49. The molecule has 0 aliphatic carbocycles. The van der Waals surface area contributed by atoms with E-state index in [0.29, 0.717) is 12.3 Å². The highest BCUT2D eigenvalue weighted by molar-refractivity contribution is 5.76. The Kier molecular flexibility index (Phi) is 4.93. The van der Waals surface area contributed by atoms with Crippen molar-refractivity contribution in [2.75, 3.05) is 13.1 Å². The second-order valence-electron chi connectivity index (χ2n) is 5.34. The molecular formula is C15H23N3O2. The Morgan fingerprint density at radius 2 is 2.05 bits per heavy atom. The minimum Gasteiger partial charge on any atom is -0.474 e. The molecule has 5 nitrogen and oxygen atoms in total. The van der Waals surface area contributed by atoms with E-state index >= 15 is 0 Å². The number of hydrogen-bond acceptors (Lipinski definition) is 4. The molecule has 110 valence electrons. The lowest BCUT2D eigenvalue weighted by Crippen LogP contribution is -2.41. The van der Waals surface area contributed by atoms with Gasteiger partial charge < -0.3 is 9.64 Å². The summed E-state index contributed by atoms with van der Waals surface area (Å²) in [5, 5.41) is 0. The predicted molar refractivity (Wildman–Crippen MR) is 76.6 cm³/mol. The van der Waals surface area contributed by atoms with Crippen molar-refractivity contribution in [1.82, 2.24) is 14.9 Å². The van der Waals surface area contributed by atoms with Crippen LogP contribution in [-0.2, 0) is 4.79 Å². The summed E-state index contributed by atoms with van der Waals surface area (Å²) in [6.07, 6.45) is 3.45. The van der Waals surface area contributed by atoms with Crippen molar-refractivity contribution in [1.29, 1.82) is 0 Å². The number of ether oxygens (including phenoxy) is 1. The highest BCUT2D eigenvalue weighted by atomic mass is 16.5. The Morgan fingerprint density at radius 3 is 2.65 bits per heavy atom. The molecule has 0 saturated carbocycles. The van der Waals surface area contributed by atoms with Crippen molar-refractivity contribution in [2.45, 2.75) is 52.6 Å². The van der Waals surface area contributed by atoms with E-state index in [1.54, 1.807) is 0 Å². The summed E-state index contributed by atoms with van der Waals surface area (Å²) < 4.78 is 5.92. The first kappa shape index (κ1) is 14.8. The average molecular weight is 277 g/mol. The number of amides is 1. The fourth-order valence-electron chi connectivity index (χ4n) is 2.51. The van der Waals surface area contributed by atoms with Crippen molar-refractivity contribution in [2.24, 2.45) is 0 Å². The summed E-state index contributed by atoms with van der Waals surface area (Å²) >= 11 is 0. The quantitative estimate of drug-likeness (QED) is 0.847. The summed E-state index contributed by atoms with van der Waals surface area (Å²) in [5.74, 6) is 1.64. The Morgan fingerprint density at radius 1 is 1.35 bits per heavy atom. The summed E-state index contributed by atoms with van der Waals surface area (Å²) in [7, 11) is 0. The number of carbonyl (C=O) groups is 1. The third-order valence-corrected chi connectivity index (χ3v) is 3.49. The topological polar surface area (TPSA) is 55.3 Å². The molecule has 1 fully saturated rings. The molecule has 1 aromatic heterocycles. The smallest absolute Gasteiger partial charge is 0.222 e. The maximum atomic E-state index is 11.8. The largest absolute Gasteiger partial charge is 0.474 e. The van der Waals surface area contributed by atoms with Gasteiger partial charge in [-0.2, -0.15) is 4.98 Å². The minimum absolute atomic E-state index is 0.148. The summed E-state index contributed by atoms with van der Waals surface area (Å²) in [6.45, 7) is 7.41. The Balaban J connectivity index is 1.86. The van der Waals surface area contributed by atoms with Crippen LogP contribution in [0.2, 0.25) is 0 Å². The van der Waals surface area contributed by atoms with Gasteiger partial charge in [-0.1, -0.05) is 6.92 Å². The van der Waals surface area contributed by atoms with Crippen LogP contribution in [0.3, 0.4) is 0 Å². The SMILES string of the molecule is CCCC(=O)N1CCC(Oc2cc(C)nc(C)n2)CC1. The molecule has 20 heavy (non-hydrogen) atoms. The Labute approximate surface area is 120 Å². The molecule has 0 unspecified atom stereocenters. The monoisotopic (exact) mass is 277 g/mol. The molecule has 0 spiro atoms. The lowest BCUT2D eigenvalue weighted by molar-refractivity contribution is -0.133. The second kappa shape index (κ2) is 6.68. The van der Waals surface area contributed by atoms with Gasteiger partial charge in [0.2, 0.25) is 11.8 Å². The Bertz CT molecular complexity index is 448.